The Morgan fingerprint density at radius 3 is 2.81 bits per heavy atom. The largest absolute Gasteiger partial charge is 0.394 e. The Balaban J connectivity index is 1.93. The highest BCUT2D eigenvalue weighted by Gasteiger charge is 2.35. The highest BCUT2D eigenvalue weighted by atomic mass is 16.3. The summed E-state index contributed by atoms with van der Waals surface area (Å²) in [4.78, 5) is 2.48. The molecule has 2 rings (SSSR count). The van der Waals surface area contributed by atoms with Gasteiger partial charge >= 0.3 is 0 Å². The molecule has 2 unspecified atom stereocenters. The molecular formula is C13H26N2O. The molecule has 2 aliphatic heterocycles. The molecule has 16 heavy (non-hydrogen) atoms. The maximum absolute atomic E-state index is 9.68. The summed E-state index contributed by atoms with van der Waals surface area (Å²) >= 11 is 0. The summed E-state index contributed by atoms with van der Waals surface area (Å²) in [5, 5.41) is 13.3. The monoisotopic (exact) mass is 226 g/mol. The molecule has 2 aliphatic rings. The molecule has 94 valence electrons. The molecular weight excluding hydrogens is 200 g/mol. The number of hydrogen-bond acceptors (Lipinski definition) is 3. The third-order valence-corrected chi connectivity index (χ3v) is 4.43. The molecule has 0 aromatic heterocycles. The molecule has 2 heterocycles. The molecule has 3 nitrogen and oxygen atoms in total. The molecule has 3 heteroatoms. The Kier molecular flexibility index (Phi) is 4.22. The lowest BCUT2D eigenvalue weighted by atomic mass is 9.81. The zero-order valence-electron chi connectivity index (χ0n) is 10.5. The molecule has 0 saturated carbocycles. The Morgan fingerprint density at radius 1 is 1.31 bits per heavy atom. The minimum absolute atomic E-state index is 0.0223. The minimum Gasteiger partial charge on any atom is -0.394 e. The lowest BCUT2D eigenvalue weighted by Gasteiger charge is -2.43. The molecule has 2 atom stereocenters. The van der Waals surface area contributed by atoms with Crippen LogP contribution in [0.4, 0.5) is 0 Å². The van der Waals surface area contributed by atoms with E-state index >= 15 is 0 Å². The van der Waals surface area contributed by atoms with Crippen LogP contribution in [0.5, 0.6) is 0 Å². The van der Waals surface area contributed by atoms with Gasteiger partial charge in [0.1, 0.15) is 0 Å². The Hall–Kier alpha value is -0.120. The van der Waals surface area contributed by atoms with Crippen molar-refractivity contribution in [2.45, 2.75) is 56.5 Å². The van der Waals surface area contributed by atoms with Crippen LogP contribution in [0, 0.1) is 0 Å². The van der Waals surface area contributed by atoms with E-state index in [1.165, 1.54) is 38.6 Å². The van der Waals surface area contributed by atoms with Gasteiger partial charge in [-0.3, -0.25) is 0 Å². The summed E-state index contributed by atoms with van der Waals surface area (Å²) in [6.07, 6.45) is 8.81. The Morgan fingerprint density at radius 2 is 2.19 bits per heavy atom. The standard InChI is InChI=1S/C13H26N2O/c1-15-9-5-2-6-12(15)10-13(11-16)7-3-4-8-14-13/h12,14,16H,2-11H2,1H3. The van der Waals surface area contributed by atoms with Crippen molar-refractivity contribution in [3.63, 3.8) is 0 Å². The van der Waals surface area contributed by atoms with Crippen LogP contribution in [0.25, 0.3) is 0 Å². The number of aliphatic hydroxyl groups is 1. The van der Waals surface area contributed by atoms with Gasteiger partial charge in [-0.05, 0) is 52.2 Å². The van der Waals surface area contributed by atoms with Crippen molar-refractivity contribution in [3.8, 4) is 0 Å². The average molecular weight is 226 g/mol. The number of nitrogens with zero attached hydrogens (tertiary/aromatic N) is 1. The van der Waals surface area contributed by atoms with Crippen LogP contribution in [0.15, 0.2) is 0 Å². The van der Waals surface area contributed by atoms with E-state index in [9.17, 15) is 5.11 Å². The zero-order chi connectivity index (χ0) is 11.4. The number of rotatable bonds is 3. The first-order valence-corrected chi connectivity index (χ1v) is 6.82. The topological polar surface area (TPSA) is 35.5 Å². The predicted octanol–water partition coefficient (Wildman–Crippen LogP) is 1.37. The Bertz CT molecular complexity index is 214. The quantitative estimate of drug-likeness (QED) is 0.763. The van der Waals surface area contributed by atoms with Gasteiger partial charge < -0.3 is 15.3 Å². The second-order valence-corrected chi connectivity index (χ2v) is 5.66. The van der Waals surface area contributed by atoms with Crippen molar-refractivity contribution in [1.29, 1.82) is 0 Å². The first-order chi connectivity index (χ1) is 7.76. The molecule has 0 amide bonds. The summed E-state index contributed by atoms with van der Waals surface area (Å²) in [5.74, 6) is 0. The third kappa shape index (κ3) is 2.76. The van der Waals surface area contributed by atoms with Gasteiger partial charge in [0.05, 0.1) is 6.61 Å². The average Bonchev–Trinajstić information content (AvgIpc) is 2.33. The molecule has 2 fully saturated rings. The van der Waals surface area contributed by atoms with E-state index in [1.54, 1.807) is 0 Å². The van der Waals surface area contributed by atoms with E-state index in [4.69, 9.17) is 0 Å². The summed E-state index contributed by atoms with van der Waals surface area (Å²) in [7, 11) is 2.23. The number of nitrogens with one attached hydrogen (secondary N) is 1. The van der Waals surface area contributed by atoms with Crippen molar-refractivity contribution in [2.75, 3.05) is 26.7 Å². The predicted molar refractivity (Wildman–Crippen MR) is 66.6 cm³/mol. The normalized spacial score (nSPS) is 37.5. The number of piperidine rings is 2. The fourth-order valence-corrected chi connectivity index (χ4v) is 3.26. The van der Waals surface area contributed by atoms with E-state index in [2.05, 4.69) is 17.3 Å². The van der Waals surface area contributed by atoms with Crippen LogP contribution in [0.3, 0.4) is 0 Å². The highest BCUT2D eigenvalue weighted by molar-refractivity contribution is 4.95. The van der Waals surface area contributed by atoms with Crippen molar-refractivity contribution in [1.82, 2.24) is 10.2 Å². The zero-order valence-corrected chi connectivity index (χ0v) is 10.5. The molecule has 0 aromatic carbocycles. The molecule has 2 saturated heterocycles. The van der Waals surface area contributed by atoms with Crippen LogP contribution in [0.1, 0.15) is 44.9 Å². The van der Waals surface area contributed by atoms with Crippen LogP contribution < -0.4 is 5.32 Å². The van der Waals surface area contributed by atoms with Gasteiger partial charge in [0, 0.05) is 11.6 Å². The number of hydrogen-bond donors (Lipinski definition) is 2. The second-order valence-electron chi connectivity index (χ2n) is 5.66. The number of aliphatic hydroxyl groups excluding tert-OH is 1. The third-order valence-electron chi connectivity index (χ3n) is 4.43. The van der Waals surface area contributed by atoms with Crippen molar-refractivity contribution in [3.05, 3.63) is 0 Å². The van der Waals surface area contributed by atoms with Crippen LogP contribution >= 0.6 is 0 Å². The van der Waals surface area contributed by atoms with E-state index < -0.39 is 0 Å². The summed E-state index contributed by atoms with van der Waals surface area (Å²) in [5.41, 5.74) is 0.0223. The fraction of sp³-hybridized carbons (Fsp3) is 1.00. The van der Waals surface area contributed by atoms with Crippen LogP contribution in [-0.4, -0.2) is 48.3 Å². The second kappa shape index (κ2) is 5.48. The van der Waals surface area contributed by atoms with E-state index in [0.717, 1.165) is 19.4 Å². The van der Waals surface area contributed by atoms with E-state index in [1.807, 2.05) is 0 Å². The maximum Gasteiger partial charge on any atom is 0.0613 e. The van der Waals surface area contributed by atoms with Crippen molar-refractivity contribution < 1.29 is 5.11 Å². The van der Waals surface area contributed by atoms with Crippen molar-refractivity contribution in [2.24, 2.45) is 0 Å². The fourth-order valence-electron chi connectivity index (χ4n) is 3.26. The van der Waals surface area contributed by atoms with Gasteiger partial charge in [0.25, 0.3) is 0 Å². The molecule has 0 radical (unpaired) electrons. The Labute approximate surface area is 99.2 Å². The highest BCUT2D eigenvalue weighted by Crippen LogP contribution is 2.29. The summed E-state index contributed by atoms with van der Waals surface area (Å²) in [6.45, 7) is 2.61. The van der Waals surface area contributed by atoms with Gasteiger partial charge in [0.2, 0.25) is 0 Å². The summed E-state index contributed by atoms with van der Waals surface area (Å²) < 4.78 is 0. The minimum atomic E-state index is 0.0223. The molecule has 0 spiro atoms. The maximum atomic E-state index is 9.68. The van der Waals surface area contributed by atoms with Crippen LogP contribution in [0.2, 0.25) is 0 Å². The molecule has 2 N–H and O–H groups in total. The lowest BCUT2D eigenvalue weighted by Crippen LogP contribution is -2.55. The van der Waals surface area contributed by atoms with Gasteiger partial charge in [-0.15, -0.1) is 0 Å². The van der Waals surface area contributed by atoms with Gasteiger partial charge in [-0.25, -0.2) is 0 Å². The number of likely N-dealkylation sites (tertiary alicyclic amines) is 1. The van der Waals surface area contributed by atoms with Crippen molar-refractivity contribution >= 4 is 0 Å². The van der Waals surface area contributed by atoms with Gasteiger partial charge in [-0.2, -0.15) is 0 Å². The first-order valence-electron chi connectivity index (χ1n) is 6.82. The molecule has 0 aromatic rings. The molecule has 0 aliphatic carbocycles. The molecule has 0 bridgehead atoms. The smallest absolute Gasteiger partial charge is 0.0613 e. The van der Waals surface area contributed by atoms with Gasteiger partial charge in [0.15, 0.2) is 0 Å². The van der Waals surface area contributed by atoms with Crippen LogP contribution in [-0.2, 0) is 0 Å². The first kappa shape index (κ1) is 12.3. The van der Waals surface area contributed by atoms with E-state index in [-0.39, 0.29) is 5.54 Å². The van der Waals surface area contributed by atoms with E-state index in [0.29, 0.717) is 12.6 Å². The van der Waals surface area contributed by atoms with Gasteiger partial charge in [-0.1, -0.05) is 12.8 Å². The summed E-state index contributed by atoms with van der Waals surface area (Å²) in [6, 6.07) is 0.673. The SMILES string of the molecule is CN1CCCCC1CC1(CO)CCCCN1. The lowest BCUT2D eigenvalue weighted by molar-refractivity contribution is 0.0740.